The number of aryl methyl sites for hydroxylation is 1. The lowest BCUT2D eigenvalue weighted by Crippen LogP contribution is -2.03. The van der Waals surface area contributed by atoms with Crippen LogP contribution in [-0.2, 0) is 0 Å². The van der Waals surface area contributed by atoms with Gasteiger partial charge >= 0.3 is 0 Å². The van der Waals surface area contributed by atoms with Crippen molar-refractivity contribution in [3.8, 4) is 40.2 Å². The Morgan fingerprint density at radius 2 is 1.77 bits per heavy atom. The van der Waals surface area contributed by atoms with Crippen LogP contribution in [0.1, 0.15) is 11.3 Å². The van der Waals surface area contributed by atoms with Crippen LogP contribution in [0, 0.1) is 24.1 Å². The molecule has 30 heavy (non-hydrogen) atoms. The molecule has 0 aliphatic carbocycles. The molecule has 3 aromatic carbocycles. The molecule has 0 saturated heterocycles. The Morgan fingerprint density at radius 1 is 1.03 bits per heavy atom. The average Bonchev–Trinajstić information content (AvgIpc) is 3.11. The molecule has 0 aliphatic rings. The summed E-state index contributed by atoms with van der Waals surface area (Å²) < 4.78 is 16.4. The molecule has 4 aromatic rings. The maximum atomic E-state index is 14.9. The van der Waals surface area contributed by atoms with Crippen LogP contribution in [0.25, 0.3) is 28.3 Å². The van der Waals surface area contributed by atoms with Gasteiger partial charge in [-0.1, -0.05) is 47.0 Å². The van der Waals surface area contributed by atoms with Crippen molar-refractivity contribution in [2.24, 2.45) is 0 Å². The molecule has 0 spiro atoms. The van der Waals surface area contributed by atoms with Crippen LogP contribution in [-0.4, -0.2) is 14.7 Å². The van der Waals surface area contributed by atoms with Gasteiger partial charge in [0.2, 0.25) is 0 Å². The lowest BCUT2D eigenvalue weighted by atomic mass is 10.1. The predicted molar refractivity (Wildman–Crippen MR) is 116 cm³/mol. The third-order valence-corrected chi connectivity index (χ3v) is 5.09. The third kappa shape index (κ3) is 3.52. The highest BCUT2D eigenvalue weighted by molar-refractivity contribution is 6.31. The van der Waals surface area contributed by atoms with E-state index in [1.54, 1.807) is 0 Å². The van der Waals surface area contributed by atoms with E-state index in [1.807, 2.05) is 37.3 Å². The van der Waals surface area contributed by atoms with Crippen LogP contribution >= 0.6 is 23.2 Å². The van der Waals surface area contributed by atoms with E-state index >= 15 is 0 Å². The summed E-state index contributed by atoms with van der Waals surface area (Å²) in [6.45, 7) is 1.92. The number of nitrogens with zero attached hydrogens (tertiary/aromatic N) is 3. The fourth-order valence-corrected chi connectivity index (χ4v) is 3.65. The topological polar surface area (TPSA) is 61.8 Å². The summed E-state index contributed by atoms with van der Waals surface area (Å²) in [5, 5.41) is 21.0. The number of nitriles is 1. The van der Waals surface area contributed by atoms with Gasteiger partial charge in [0, 0.05) is 21.2 Å². The maximum absolute atomic E-state index is 14.9. The molecular weight excluding hydrogens is 424 g/mol. The van der Waals surface area contributed by atoms with Crippen molar-refractivity contribution < 1.29 is 9.50 Å². The van der Waals surface area contributed by atoms with Gasteiger partial charge in [0.15, 0.2) is 5.69 Å². The normalized spacial score (nSPS) is 10.8. The number of phenols is 1. The summed E-state index contributed by atoms with van der Waals surface area (Å²) in [4.78, 5) is 4.47. The Labute approximate surface area is 182 Å². The van der Waals surface area contributed by atoms with Crippen LogP contribution in [0.15, 0.2) is 60.7 Å². The molecule has 0 aliphatic heterocycles. The molecule has 0 bridgehead atoms. The van der Waals surface area contributed by atoms with Gasteiger partial charge in [-0.05, 0) is 49.4 Å². The number of phenolic OH excluding ortho intramolecular Hbond substituents is 1. The summed E-state index contributed by atoms with van der Waals surface area (Å²) in [6.07, 6.45) is 0. The molecule has 1 heterocycles. The number of imidazole rings is 1. The molecule has 148 valence electrons. The van der Waals surface area contributed by atoms with Gasteiger partial charge in [0.05, 0.1) is 11.4 Å². The van der Waals surface area contributed by atoms with Gasteiger partial charge in [0.25, 0.3) is 0 Å². The fourth-order valence-electron chi connectivity index (χ4n) is 3.31. The zero-order chi connectivity index (χ0) is 21.4. The summed E-state index contributed by atoms with van der Waals surface area (Å²) in [6, 6.07) is 18.1. The SMILES string of the molecule is Cc1cccc(-c2nc(C#N)c(-c3cc(Cl)ccc3O)n2-c2cc(Cl)ccc2F)c1. The second-order valence-corrected chi connectivity index (χ2v) is 7.58. The van der Waals surface area contributed by atoms with Crippen LogP contribution < -0.4 is 0 Å². The molecule has 7 heteroatoms. The Morgan fingerprint density at radius 3 is 2.50 bits per heavy atom. The monoisotopic (exact) mass is 437 g/mol. The molecule has 0 atom stereocenters. The quantitative estimate of drug-likeness (QED) is 0.395. The van der Waals surface area contributed by atoms with Gasteiger partial charge in [-0.3, -0.25) is 4.57 Å². The number of aromatic nitrogens is 2. The summed E-state index contributed by atoms with van der Waals surface area (Å²) >= 11 is 12.3. The van der Waals surface area contributed by atoms with Crippen molar-refractivity contribution in [2.45, 2.75) is 6.92 Å². The first-order valence-electron chi connectivity index (χ1n) is 8.93. The number of rotatable bonds is 3. The second-order valence-electron chi connectivity index (χ2n) is 6.71. The zero-order valence-electron chi connectivity index (χ0n) is 15.7. The van der Waals surface area contributed by atoms with Gasteiger partial charge in [-0.25, -0.2) is 9.37 Å². The first-order chi connectivity index (χ1) is 14.4. The molecule has 4 rings (SSSR count). The maximum Gasteiger partial charge on any atom is 0.167 e. The van der Waals surface area contributed by atoms with Crippen LogP contribution in [0.4, 0.5) is 4.39 Å². The van der Waals surface area contributed by atoms with Crippen LogP contribution in [0.5, 0.6) is 5.75 Å². The fraction of sp³-hybridized carbons (Fsp3) is 0.0435. The molecule has 1 N–H and O–H groups in total. The third-order valence-electron chi connectivity index (χ3n) is 4.62. The second kappa shape index (κ2) is 7.83. The standard InChI is InChI=1S/C23H14Cl2FN3O/c1-13-3-2-4-14(9-13)23-28-19(12-27)22(17-10-15(24)6-8-21(17)30)29(23)20-11-16(25)5-7-18(20)26/h2-11,30H,1H3. The average molecular weight is 438 g/mol. The number of aromatic hydroxyl groups is 1. The zero-order valence-corrected chi connectivity index (χ0v) is 17.2. The van der Waals surface area contributed by atoms with Gasteiger partial charge in [-0.2, -0.15) is 5.26 Å². The summed E-state index contributed by atoms with van der Waals surface area (Å²) in [7, 11) is 0. The first kappa shape index (κ1) is 20.0. The Hall–Kier alpha value is -3.33. The minimum absolute atomic E-state index is 0.0171. The lowest BCUT2D eigenvalue weighted by Gasteiger charge is -2.15. The molecule has 0 unspecified atom stereocenters. The van der Waals surface area contributed by atoms with E-state index < -0.39 is 5.82 Å². The predicted octanol–water partition coefficient (Wildman–Crippen LogP) is 6.54. The summed E-state index contributed by atoms with van der Waals surface area (Å²) in [5.74, 6) is -0.334. The Bertz CT molecular complexity index is 1320. The summed E-state index contributed by atoms with van der Waals surface area (Å²) in [5.41, 5.74) is 2.24. The van der Waals surface area contributed by atoms with Crippen LogP contribution in [0.3, 0.4) is 0 Å². The van der Waals surface area contributed by atoms with Gasteiger partial charge in [0.1, 0.15) is 23.5 Å². The minimum atomic E-state index is -0.557. The van der Waals surface area contributed by atoms with Gasteiger partial charge < -0.3 is 5.11 Å². The number of hydrogen-bond donors (Lipinski definition) is 1. The highest BCUT2D eigenvalue weighted by Gasteiger charge is 2.25. The van der Waals surface area contributed by atoms with E-state index in [1.165, 1.54) is 41.0 Å². The smallest absolute Gasteiger partial charge is 0.167 e. The molecule has 0 amide bonds. The number of halogens is 3. The van der Waals surface area contributed by atoms with E-state index in [0.717, 1.165) is 5.56 Å². The molecule has 0 radical (unpaired) electrons. The van der Waals surface area contributed by atoms with E-state index in [9.17, 15) is 14.8 Å². The molecular formula is C23H14Cl2FN3O. The number of benzene rings is 3. The van der Waals surface area contributed by atoms with Crippen molar-refractivity contribution in [3.63, 3.8) is 0 Å². The number of hydrogen-bond acceptors (Lipinski definition) is 3. The van der Waals surface area contributed by atoms with Crippen molar-refractivity contribution >= 4 is 23.2 Å². The van der Waals surface area contributed by atoms with E-state index in [0.29, 0.717) is 21.4 Å². The van der Waals surface area contributed by atoms with E-state index in [2.05, 4.69) is 4.98 Å². The Balaban J connectivity index is 2.16. The van der Waals surface area contributed by atoms with Gasteiger partial charge in [-0.15, -0.1) is 0 Å². The van der Waals surface area contributed by atoms with E-state index in [4.69, 9.17) is 23.2 Å². The molecule has 1 aromatic heterocycles. The van der Waals surface area contributed by atoms with Crippen molar-refractivity contribution in [1.29, 1.82) is 5.26 Å². The molecule has 4 nitrogen and oxygen atoms in total. The lowest BCUT2D eigenvalue weighted by molar-refractivity contribution is 0.477. The Kier molecular flexibility index (Phi) is 5.21. The molecule has 0 saturated carbocycles. The highest BCUT2D eigenvalue weighted by atomic mass is 35.5. The molecule has 0 fully saturated rings. The van der Waals surface area contributed by atoms with Crippen molar-refractivity contribution in [3.05, 3.63) is 87.8 Å². The first-order valence-corrected chi connectivity index (χ1v) is 9.69. The van der Waals surface area contributed by atoms with E-state index in [-0.39, 0.29) is 28.4 Å². The largest absolute Gasteiger partial charge is 0.507 e. The van der Waals surface area contributed by atoms with Crippen molar-refractivity contribution in [2.75, 3.05) is 0 Å². The highest BCUT2D eigenvalue weighted by Crippen LogP contribution is 2.39. The van der Waals surface area contributed by atoms with Crippen LogP contribution in [0.2, 0.25) is 10.0 Å². The minimum Gasteiger partial charge on any atom is -0.507 e. The van der Waals surface area contributed by atoms with Crippen molar-refractivity contribution in [1.82, 2.24) is 9.55 Å².